The molecule has 0 aromatic heterocycles. The molecule has 1 unspecified atom stereocenters. The number of Topliss-reactive ketones (excluding diaryl/α,β-unsaturated/α-hetero) is 1. The monoisotopic (exact) mass is 551 g/mol. The van der Waals surface area contributed by atoms with E-state index >= 15 is 0 Å². The maximum Gasteiger partial charge on any atom is 0.300 e. The molecule has 0 radical (unpaired) electrons. The number of aliphatic hydroxyl groups is 1. The summed E-state index contributed by atoms with van der Waals surface area (Å²) in [6.07, 6.45) is 0. The second kappa shape index (κ2) is 10.5. The van der Waals surface area contributed by atoms with Crippen molar-refractivity contribution >= 4 is 39.1 Å². The lowest BCUT2D eigenvalue weighted by Crippen LogP contribution is -2.29. The van der Waals surface area contributed by atoms with Crippen molar-refractivity contribution < 1.29 is 29.3 Å². The van der Waals surface area contributed by atoms with Crippen LogP contribution in [0.5, 0.6) is 17.2 Å². The number of ether oxygens (including phenoxy) is 2. The van der Waals surface area contributed by atoms with Gasteiger partial charge in [0.05, 0.1) is 29.8 Å². The van der Waals surface area contributed by atoms with E-state index in [0.29, 0.717) is 45.3 Å². The van der Waals surface area contributed by atoms with Crippen LogP contribution >= 0.6 is 15.9 Å². The topological polar surface area (TPSA) is 96.3 Å². The highest BCUT2D eigenvalue weighted by atomic mass is 79.9. The first kappa shape index (κ1) is 25.3. The smallest absolute Gasteiger partial charge is 0.300 e. The van der Waals surface area contributed by atoms with Crippen LogP contribution in [0.25, 0.3) is 5.76 Å². The van der Waals surface area contributed by atoms with E-state index in [1.54, 1.807) is 54.6 Å². The number of nitrogens with zero attached hydrogens (tertiary/aromatic N) is 1. The first-order valence-electron chi connectivity index (χ1n) is 11.4. The van der Waals surface area contributed by atoms with Crippen molar-refractivity contribution in [1.82, 2.24) is 0 Å². The average molecular weight is 552 g/mol. The molecule has 2 N–H and O–H groups in total. The van der Waals surface area contributed by atoms with Gasteiger partial charge in [-0.1, -0.05) is 26.0 Å². The summed E-state index contributed by atoms with van der Waals surface area (Å²) in [5.41, 5.74) is 1.19. The van der Waals surface area contributed by atoms with Crippen molar-refractivity contribution in [2.24, 2.45) is 5.92 Å². The molecule has 36 heavy (non-hydrogen) atoms. The van der Waals surface area contributed by atoms with Gasteiger partial charge in [0, 0.05) is 11.3 Å². The second-order valence-corrected chi connectivity index (χ2v) is 9.67. The predicted octanol–water partition coefficient (Wildman–Crippen LogP) is 5.82. The molecule has 4 rings (SSSR count). The zero-order valence-electron chi connectivity index (χ0n) is 20.1. The average Bonchev–Trinajstić information content (AvgIpc) is 3.13. The number of phenols is 1. The number of halogens is 1. The minimum absolute atomic E-state index is 0.0253. The molecule has 1 amide bonds. The molecule has 8 heteroatoms. The fraction of sp³-hybridized carbons (Fsp3) is 0.214. The molecule has 0 spiro atoms. The number of aliphatic hydroxyl groups excluding tert-OH is 1. The van der Waals surface area contributed by atoms with Gasteiger partial charge >= 0.3 is 0 Å². The fourth-order valence-electron chi connectivity index (χ4n) is 4.04. The zero-order chi connectivity index (χ0) is 26.0. The van der Waals surface area contributed by atoms with Gasteiger partial charge in [-0.2, -0.15) is 0 Å². The van der Waals surface area contributed by atoms with Crippen LogP contribution in [-0.4, -0.2) is 35.6 Å². The van der Waals surface area contributed by atoms with Crippen LogP contribution in [0.1, 0.15) is 31.0 Å². The zero-order valence-corrected chi connectivity index (χ0v) is 21.7. The van der Waals surface area contributed by atoms with Crippen molar-refractivity contribution in [3.05, 3.63) is 87.9 Å². The Morgan fingerprint density at radius 1 is 1.06 bits per heavy atom. The van der Waals surface area contributed by atoms with Crippen LogP contribution in [0.3, 0.4) is 0 Å². The summed E-state index contributed by atoms with van der Waals surface area (Å²) in [5.74, 6) is -0.419. The number of hydrogen-bond acceptors (Lipinski definition) is 6. The SMILES string of the molecule is COc1ccc(/C(O)=C2/C(=O)C(=O)N(c3ccc(OCC(C)C)cc3)C2c2cccc(O)c2)cc1Br. The van der Waals surface area contributed by atoms with Crippen molar-refractivity contribution in [1.29, 1.82) is 0 Å². The highest BCUT2D eigenvalue weighted by Gasteiger charge is 2.47. The van der Waals surface area contributed by atoms with Crippen molar-refractivity contribution in [2.75, 3.05) is 18.6 Å². The molecular formula is C28H26BrNO6. The van der Waals surface area contributed by atoms with Crippen molar-refractivity contribution in [3.63, 3.8) is 0 Å². The van der Waals surface area contributed by atoms with E-state index in [1.165, 1.54) is 24.1 Å². The lowest BCUT2D eigenvalue weighted by Gasteiger charge is -2.25. The number of aromatic hydroxyl groups is 1. The van der Waals surface area contributed by atoms with Crippen LogP contribution in [-0.2, 0) is 9.59 Å². The minimum atomic E-state index is -0.958. The third-order valence-corrected chi connectivity index (χ3v) is 6.37. The molecule has 3 aromatic carbocycles. The van der Waals surface area contributed by atoms with Gasteiger partial charge in [-0.3, -0.25) is 14.5 Å². The molecule has 7 nitrogen and oxygen atoms in total. The van der Waals surface area contributed by atoms with E-state index in [1.807, 2.05) is 13.8 Å². The minimum Gasteiger partial charge on any atom is -0.508 e. The third kappa shape index (κ3) is 4.95. The molecule has 1 aliphatic heterocycles. The number of rotatable bonds is 7. The van der Waals surface area contributed by atoms with Crippen LogP contribution in [0, 0.1) is 5.92 Å². The number of ketones is 1. The number of carbonyl (C=O) groups excluding carboxylic acids is 2. The molecule has 1 fully saturated rings. The molecule has 1 heterocycles. The lowest BCUT2D eigenvalue weighted by atomic mass is 9.95. The Labute approximate surface area is 217 Å². The third-order valence-electron chi connectivity index (χ3n) is 5.75. The van der Waals surface area contributed by atoms with Crippen LogP contribution < -0.4 is 14.4 Å². The Morgan fingerprint density at radius 2 is 1.78 bits per heavy atom. The first-order valence-corrected chi connectivity index (χ1v) is 12.2. The normalized spacial score (nSPS) is 17.0. The van der Waals surface area contributed by atoms with Crippen LogP contribution in [0.4, 0.5) is 5.69 Å². The number of hydrogen-bond donors (Lipinski definition) is 2. The molecular weight excluding hydrogens is 526 g/mol. The first-order chi connectivity index (χ1) is 17.2. The van der Waals surface area contributed by atoms with E-state index in [9.17, 15) is 19.8 Å². The summed E-state index contributed by atoms with van der Waals surface area (Å²) in [6.45, 7) is 4.64. The Kier molecular flexibility index (Phi) is 7.35. The molecule has 0 aliphatic carbocycles. The predicted molar refractivity (Wildman–Crippen MR) is 140 cm³/mol. The Morgan fingerprint density at radius 3 is 2.39 bits per heavy atom. The summed E-state index contributed by atoms with van der Waals surface area (Å²) in [6, 6.07) is 17.1. The lowest BCUT2D eigenvalue weighted by molar-refractivity contribution is -0.132. The van der Waals surface area contributed by atoms with Crippen molar-refractivity contribution in [3.8, 4) is 17.2 Å². The summed E-state index contributed by atoms with van der Waals surface area (Å²) in [4.78, 5) is 27.9. The van der Waals surface area contributed by atoms with Gasteiger partial charge < -0.3 is 19.7 Å². The molecule has 0 bridgehead atoms. The van der Waals surface area contributed by atoms with E-state index in [-0.39, 0.29) is 17.1 Å². The largest absolute Gasteiger partial charge is 0.508 e. The molecule has 1 saturated heterocycles. The number of amides is 1. The second-order valence-electron chi connectivity index (χ2n) is 8.81. The van der Waals surface area contributed by atoms with Gasteiger partial charge in [-0.25, -0.2) is 0 Å². The van der Waals surface area contributed by atoms with Crippen molar-refractivity contribution in [2.45, 2.75) is 19.9 Å². The van der Waals surface area contributed by atoms with Gasteiger partial charge in [0.25, 0.3) is 11.7 Å². The van der Waals surface area contributed by atoms with Crippen LogP contribution in [0.2, 0.25) is 0 Å². The fourth-order valence-corrected chi connectivity index (χ4v) is 4.58. The summed E-state index contributed by atoms with van der Waals surface area (Å²) >= 11 is 3.39. The van der Waals surface area contributed by atoms with Gasteiger partial charge in [0.1, 0.15) is 23.0 Å². The molecule has 1 aliphatic rings. The van der Waals surface area contributed by atoms with Gasteiger partial charge in [0.2, 0.25) is 0 Å². The van der Waals surface area contributed by atoms with Gasteiger partial charge in [-0.15, -0.1) is 0 Å². The maximum absolute atomic E-state index is 13.3. The highest BCUT2D eigenvalue weighted by Crippen LogP contribution is 2.43. The maximum atomic E-state index is 13.3. The number of phenolic OH excluding ortho intramolecular Hbond substituents is 1. The van der Waals surface area contributed by atoms with E-state index in [2.05, 4.69) is 15.9 Å². The number of methoxy groups -OCH3 is 1. The summed E-state index contributed by atoms with van der Waals surface area (Å²) < 4.78 is 11.6. The Balaban J connectivity index is 1.84. The van der Waals surface area contributed by atoms with Gasteiger partial charge in [-0.05, 0) is 82.0 Å². The Bertz CT molecular complexity index is 1330. The van der Waals surface area contributed by atoms with E-state index in [0.717, 1.165) is 0 Å². The Hall–Kier alpha value is -3.78. The van der Waals surface area contributed by atoms with E-state index in [4.69, 9.17) is 9.47 Å². The number of anilines is 1. The molecule has 0 saturated carbocycles. The quantitative estimate of drug-likeness (QED) is 0.218. The highest BCUT2D eigenvalue weighted by molar-refractivity contribution is 9.10. The van der Waals surface area contributed by atoms with E-state index < -0.39 is 17.7 Å². The molecule has 3 aromatic rings. The summed E-state index contributed by atoms with van der Waals surface area (Å²) in [5, 5.41) is 21.4. The standard InChI is InChI=1S/C28H26BrNO6/c1-16(2)15-36-21-10-8-19(9-11-21)30-25(17-5-4-6-20(31)13-17)24(27(33)28(30)34)26(32)18-7-12-23(35-3)22(29)14-18/h4-14,16,25,31-32H,15H2,1-3H3/b26-24-. The van der Waals surface area contributed by atoms with Crippen LogP contribution in [0.15, 0.2) is 76.8 Å². The summed E-state index contributed by atoms with van der Waals surface area (Å²) in [7, 11) is 1.52. The molecule has 186 valence electrons. The molecule has 1 atom stereocenters. The number of carbonyl (C=O) groups is 2. The van der Waals surface area contributed by atoms with Gasteiger partial charge in [0.15, 0.2) is 0 Å². The number of benzene rings is 3.